The van der Waals surface area contributed by atoms with Gasteiger partial charge >= 0.3 is 6.09 Å². The van der Waals surface area contributed by atoms with E-state index in [0.717, 1.165) is 18.4 Å². The molecule has 0 saturated carbocycles. The van der Waals surface area contributed by atoms with Crippen LogP contribution < -0.4 is 10.6 Å². The van der Waals surface area contributed by atoms with Gasteiger partial charge in [-0.2, -0.15) is 0 Å². The summed E-state index contributed by atoms with van der Waals surface area (Å²) in [6.07, 6.45) is 2.81. The van der Waals surface area contributed by atoms with Crippen LogP contribution in [0.15, 0.2) is 30.8 Å². The molecule has 0 aliphatic carbocycles. The Bertz CT molecular complexity index is 799. The predicted octanol–water partition coefficient (Wildman–Crippen LogP) is 4.44. The quantitative estimate of drug-likeness (QED) is 0.521. The molecule has 1 aromatic carbocycles. The summed E-state index contributed by atoms with van der Waals surface area (Å²) in [5.74, 6) is -0.628. The second kappa shape index (κ2) is 12.3. The maximum atomic E-state index is 13.4. The van der Waals surface area contributed by atoms with Crippen molar-refractivity contribution >= 4 is 24.0 Å². The Hall–Kier alpha value is -2.83. The summed E-state index contributed by atoms with van der Waals surface area (Å²) in [5, 5.41) is 5.54. The van der Waals surface area contributed by atoms with Crippen molar-refractivity contribution in [3.05, 3.63) is 42.0 Å². The van der Waals surface area contributed by atoms with Crippen molar-refractivity contribution in [1.82, 2.24) is 15.5 Å². The number of alkyl carbamates (subject to hydrolysis) is 1. The van der Waals surface area contributed by atoms with Crippen LogP contribution in [-0.4, -0.2) is 47.0 Å². The second-order valence-corrected chi connectivity index (χ2v) is 9.13. The molecule has 32 heavy (non-hydrogen) atoms. The fourth-order valence-corrected chi connectivity index (χ4v) is 3.23. The molecule has 2 atom stereocenters. The summed E-state index contributed by atoms with van der Waals surface area (Å²) < 4.78 is 5.28. The molecule has 0 fully saturated rings. The Morgan fingerprint density at radius 1 is 1.19 bits per heavy atom. The fraction of sp³-hybridized carbons (Fsp3) is 0.560. The Morgan fingerprint density at radius 2 is 1.84 bits per heavy atom. The van der Waals surface area contributed by atoms with Gasteiger partial charge in [0.25, 0.3) is 0 Å². The van der Waals surface area contributed by atoms with E-state index in [1.54, 1.807) is 33.8 Å². The van der Waals surface area contributed by atoms with Gasteiger partial charge in [0.05, 0.1) is 0 Å². The van der Waals surface area contributed by atoms with E-state index < -0.39 is 23.8 Å². The molecule has 1 aromatic rings. The highest BCUT2D eigenvalue weighted by Crippen LogP contribution is 2.26. The molecule has 2 unspecified atom stereocenters. The van der Waals surface area contributed by atoms with Crippen LogP contribution in [0.1, 0.15) is 78.5 Å². The van der Waals surface area contributed by atoms with Crippen LogP contribution in [-0.2, 0) is 14.3 Å². The molecule has 0 saturated heterocycles. The van der Waals surface area contributed by atoms with E-state index in [4.69, 9.17) is 4.74 Å². The van der Waals surface area contributed by atoms with Gasteiger partial charge in [0, 0.05) is 12.6 Å². The van der Waals surface area contributed by atoms with E-state index in [2.05, 4.69) is 17.2 Å². The summed E-state index contributed by atoms with van der Waals surface area (Å²) in [6, 6.07) is 5.39. The van der Waals surface area contributed by atoms with Gasteiger partial charge in [-0.15, -0.1) is 0 Å². The normalized spacial score (nSPS) is 13.1. The van der Waals surface area contributed by atoms with Crippen LogP contribution in [0.4, 0.5) is 4.79 Å². The molecule has 0 aromatic heterocycles. The van der Waals surface area contributed by atoms with E-state index in [9.17, 15) is 14.4 Å². The van der Waals surface area contributed by atoms with Gasteiger partial charge in [0.1, 0.15) is 17.7 Å². The summed E-state index contributed by atoms with van der Waals surface area (Å²) in [6.45, 7) is 16.9. The van der Waals surface area contributed by atoms with Gasteiger partial charge in [-0.25, -0.2) is 4.79 Å². The third kappa shape index (κ3) is 8.36. The number of unbranched alkanes of at least 4 members (excludes halogenated alkanes) is 1. The SMILES string of the molecule is C=Cc1cccc(C(C(=O)NCCCC)N(C(=O)C(C)NC(=O)OC(C)(C)C)C(C)C)c1. The molecule has 0 bridgehead atoms. The third-order valence-corrected chi connectivity index (χ3v) is 4.73. The average molecular weight is 446 g/mol. The Balaban J connectivity index is 3.27. The lowest BCUT2D eigenvalue weighted by molar-refractivity contribution is -0.144. The van der Waals surface area contributed by atoms with Crippen molar-refractivity contribution in [3.8, 4) is 0 Å². The van der Waals surface area contributed by atoms with Crippen molar-refractivity contribution in [1.29, 1.82) is 0 Å². The molecule has 7 nitrogen and oxygen atoms in total. The van der Waals surface area contributed by atoms with Crippen molar-refractivity contribution < 1.29 is 19.1 Å². The molecule has 0 heterocycles. The molecule has 0 radical (unpaired) electrons. The van der Waals surface area contributed by atoms with Gasteiger partial charge in [-0.1, -0.05) is 44.2 Å². The first kappa shape index (κ1) is 27.2. The smallest absolute Gasteiger partial charge is 0.408 e. The highest BCUT2D eigenvalue weighted by molar-refractivity contribution is 5.92. The number of ether oxygens (including phenoxy) is 1. The van der Waals surface area contributed by atoms with E-state index in [0.29, 0.717) is 12.1 Å². The standard InChI is InChI=1S/C25H39N3O4/c1-9-11-15-26-22(29)21(20-14-12-13-19(10-2)16-20)28(17(3)4)23(30)18(5)27-24(31)32-25(6,7)8/h10,12-14,16-18,21H,2,9,11,15H2,1,3-8H3,(H,26,29)(H,27,31). The lowest BCUT2D eigenvalue weighted by Crippen LogP contribution is -2.54. The number of carbonyl (C=O) groups is 3. The third-order valence-electron chi connectivity index (χ3n) is 4.73. The zero-order chi connectivity index (χ0) is 24.5. The molecular formula is C25H39N3O4. The van der Waals surface area contributed by atoms with Crippen molar-refractivity contribution in [2.75, 3.05) is 6.54 Å². The van der Waals surface area contributed by atoms with E-state index in [1.807, 2.05) is 45.0 Å². The maximum Gasteiger partial charge on any atom is 0.408 e. The molecular weight excluding hydrogens is 406 g/mol. The molecule has 1 rings (SSSR count). The predicted molar refractivity (Wildman–Crippen MR) is 128 cm³/mol. The summed E-state index contributed by atoms with van der Waals surface area (Å²) in [4.78, 5) is 40.4. The monoisotopic (exact) mass is 445 g/mol. The highest BCUT2D eigenvalue weighted by atomic mass is 16.6. The number of benzene rings is 1. The molecule has 7 heteroatoms. The first-order chi connectivity index (χ1) is 14.9. The molecule has 0 spiro atoms. The first-order valence-electron chi connectivity index (χ1n) is 11.2. The number of carbonyl (C=O) groups excluding carboxylic acids is 3. The Labute approximate surface area is 192 Å². The zero-order valence-electron chi connectivity index (χ0n) is 20.5. The fourth-order valence-electron chi connectivity index (χ4n) is 3.23. The van der Waals surface area contributed by atoms with Gasteiger partial charge in [-0.05, 0) is 65.2 Å². The largest absolute Gasteiger partial charge is 0.444 e. The van der Waals surface area contributed by atoms with E-state index >= 15 is 0 Å². The van der Waals surface area contributed by atoms with Gasteiger partial charge < -0.3 is 20.3 Å². The number of amides is 3. The summed E-state index contributed by atoms with van der Waals surface area (Å²) in [5.41, 5.74) is 0.852. The number of rotatable bonds is 10. The van der Waals surface area contributed by atoms with Gasteiger partial charge in [0.15, 0.2) is 0 Å². The summed E-state index contributed by atoms with van der Waals surface area (Å²) >= 11 is 0. The lowest BCUT2D eigenvalue weighted by atomic mass is 9.99. The van der Waals surface area contributed by atoms with Crippen molar-refractivity contribution in [2.24, 2.45) is 0 Å². The van der Waals surface area contributed by atoms with Gasteiger partial charge in [-0.3, -0.25) is 9.59 Å². The Kier molecular flexibility index (Phi) is 10.4. The number of hydrogen-bond acceptors (Lipinski definition) is 4. The summed E-state index contributed by atoms with van der Waals surface area (Å²) in [7, 11) is 0. The van der Waals surface area contributed by atoms with Crippen molar-refractivity contribution in [3.63, 3.8) is 0 Å². The lowest BCUT2D eigenvalue weighted by Gasteiger charge is -2.36. The van der Waals surface area contributed by atoms with Crippen LogP contribution in [0.3, 0.4) is 0 Å². The van der Waals surface area contributed by atoms with Crippen LogP contribution in [0, 0.1) is 0 Å². The number of nitrogens with one attached hydrogen (secondary N) is 2. The van der Waals surface area contributed by atoms with Crippen LogP contribution in [0.5, 0.6) is 0 Å². The van der Waals surface area contributed by atoms with Crippen LogP contribution >= 0.6 is 0 Å². The molecule has 0 aliphatic rings. The number of hydrogen-bond donors (Lipinski definition) is 2. The minimum atomic E-state index is -0.874. The number of nitrogens with zero attached hydrogens (tertiary/aromatic N) is 1. The molecule has 0 aliphatic heterocycles. The second-order valence-electron chi connectivity index (χ2n) is 9.13. The van der Waals surface area contributed by atoms with E-state index in [1.165, 1.54) is 4.90 Å². The van der Waals surface area contributed by atoms with Crippen LogP contribution in [0.2, 0.25) is 0 Å². The molecule has 178 valence electrons. The van der Waals surface area contributed by atoms with Gasteiger partial charge in [0.2, 0.25) is 11.8 Å². The van der Waals surface area contributed by atoms with Crippen molar-refractivity contribution in [2.45, 2.75) is 85.0 Å². The first-order valence-corrected chi connectivity index (χ1v) is 11.2. The van der Waals surface area contributed by atoms with Crippen LogP contribution in [0.25, 0.3) is 6.08 Å². The maximum absolute atomic E-state index is 13.4. The highest BCUT2D eigenvalue weighted by Gasteiger charge is 2.36. The molecule has 3 amide bonds. The minimum absolute atomic E-state index is 0.258. The molecule has 2 N–H and O–H groups in total. The topological polar surface area (TPSA) is 87.7 Å². The minimum Gasteiger partial charge on any atom is -0.444 e. The average Bonchev–Trinajstić information content (AvgIpc) is 2.69. The van der Waals surface area contributed by atoms with E-state index in [-0.39, 0.29) is 17.9 Å². The zero-order valence-corrected chi connectivity index (χ0v) is 20.5. The Morgan fingerprint density at radius 3 is 2.38 bits per heavy atom.